The highest BCUT2D eigenvalue weighted by molar-refractivity contribution is 7.13. The lowest BCUT2D eigenvalue weighted by Gasteiger charge is -2.37. The minimum Gasteiger partial charge on any atom is -0.481 e. The zero-order chi connectivity index (χ0) is 18.0. The number of rotatable bonds is 5. The van der Waals surface area contributed by atoms with Crippen LogP contribution in [-0.2, 0) is 11.3 Å². The Hall–Kier alpha value is -2.32. The van der Waals surface area contributed by atoms with Crippen molar-refractivity contribution >= 4 is 23.0 Å². The Kier molecular flexibility index (Phi) is 5.10. The van der Waals surface area contributed by atoms with Crippen molar-refractivity contribution in [3.63, 3.8) is 0 Å². The molecule has 2 heterocycles. The number of aliphatic carboxylic acids is 1. The summed E-state index contributed by atoms with van der Waals surface area (Å²) in [6.45, 7) is 3.40. The van der Waals surface area contributed by atoms with Crippen molar-refractivity contribution in [3.05, 3.63) is 45.5 Å². The van der Waals surface area contributed by atoms with Gasteiger partial charge in [-0.1, -0.05) is 12.1 Å². The molecule has 1 fully saturated rings. The highest BCUT2D eigenvalue weighted by Crippen LogP contribution is 2.29. The summed E-state index contributed by atoms with van der Waals surface area (Å²) in [7, 11) is 0. The van der Waals surface area contributed by atoms with Gasteiger partial charge in [-0.25, -0.2) is 4.98 Å². The Morgan fingerprint density at radius 1 is 1.52 bits per heavy atom. The molecule has 0 amide bonds. The molecule has 132 valence electrons. The minimum absolute atomic E-state index is 0.0331. The first-order chi connectivity index (χ1) is 12.0. The number of thiazole rings is 1. The highest BCUT2D eigenvalue weighted by Gasteiger charge is 2.33. The fraction of sp³-hybridized carbons (Fsp3) is 0.412. The maximum atomic E-state index is 11.3. The first kappa shape index (κ1) is 17.5. The van der Waals surface area contributed by atoms with E-state index in [2.05, 4.69) is 9.88 Å². The molecule has 0 bridgehead atoms. The zero-order valence-electron chi connectivity index (χ0n) is 13.8. The van der Waals surface area contributed by atoms with E-state index in [1.165, 1.54) is 23.5 Å². The molecule has 0 aliphatic carbocycles. The average Bonchev–Trinajstić information content (AvgIpc) is 3.05. The SMILES string of the molecule is C[C@@H]1[C@H](C(=O)O)CCCN1Cc1csc(-c2cccc([N+](=O)[O-])c2)n1. The number of carbonyl (C=O) groups is 1. The Bertz CT molecular complexity index is 792. The lowest BCUT2D eigenvalue weighted by Crippen LogP contribution is -2.45. The molecule has 0 saturated carbocycles. The molecule has 7 nitrogen and oxygen atoms in total. The molecule has 0 radical (unpaired) electrons. The van der Waals surface area contributed by atoms with Gasteiger partial charge in [-0.05, 0) is 26.3 Å². The Morgan fingerprint density at radius 3 is 3.04 bits per heavy atom. The second kappa shape index (κ2) is 7.28. The number of aromatic nitrogens is 1. The van der Waals surface area contributed by atoms with Crippen LogP contribution in [0.5, 0.6) is 0 Å². The van der Waals surface area contributed by atoms with Gasteiger partial charge in [-0.2, -0.15) is 0 Å². The number of piperidine rings is 1. The third-order valence-electron chi connectivity index (χ3n) is 4.66. The van der Waals surface area contributed by atoms with Crippen LogP contribution in [-0.4, -0.2) is 38.5 Å². The molecule has 0 spiro atoms. The van der Waals surface area contributed by atoms with Gasteiger partial charge in [0.25, 0.3) is 5.69 Å². The number of hydrogen-bond acceptors (Lipinski definition) is 6. The van der Waals surface area contributed by atoms with Gasteiger partial charge >= 0.3 is 5.97 Å². The molecule has 1 aliphatic rings. The van der Waals surface area contributed by atoms with Crippen molar-refractivity contribution in [2.45, 2.75) is 32.4 Å². The van der Waals surface area contributed by atoms with Crippen LogP contribution in [0.1, 0.15) is 25.5 Å². The van der Waals surface area contributed by atoms with Gasteiger partial charge in [0.1, 0.15) is 5.01 Å². The molecule has 2 atom stereocenters. The van der Waals surface area contributed by atoms with E-state index in [1.807, 2.05) is 12.3 Å². The number of nitrogens with zero attached hydrogens (tertiary/aromatic N) is 3. The molecule has 1 N–H and O–H groups in total. The molecular formula is C17H19N3O4S. The summed E-state index contributed by atoms with van der Waals surface area (Å²) in [5.74, 6) is -1.09. The van der Waals surface area contributed by atoms with Crippen molar-refractivity contribution in [3.8, 4) is 10.6 Å². The Balaban J connectivity index is 1.74. The summed E-state index contributed by atoms with van der Waals surface area (Å²) in [4.78, 5) is 28.6. The summed E-state index contributed by atoms with van der Waals surface area (Å²) in [5.41, 5.74) is 1.63. The van der Waals surface area contributed by atoms with Gasteiger partial charge in [0.15, 0.2) is 0 Å². The van der Waals surface area contributed by atoms with Crippen molar-refractivity contribution in [1.29, 1.82) is 0 Å². The number of carboxylic acid groups (broad SMARTS) is 1. The van der Waals surface area contributed by atoms with Gasteiger partial charge in [0.2, 0.25) is 0 Å². The first-order valence-corrected chi connectivity index (χ1v) is 9.00. The van der Waals surface area contributed by atoms with E-state index < -0.39 is 10.9 Å². The number of benzene rings is 1. The van der Waals surface area contributed by atoms with Gasteiger partial charge in [0.05, 0.1) is 16.5 Å². The maximum absolute atomic E-state index is 11.3. The fourth-order valence-corrected chi connectivity index (χ4v) is 4.05. The largest absolute Gasteiger partial charge is 0.481 e. The van der Waals surface area contributed by atoms with E-state index in [4.69, 9.17) is 0 Å². The quantitative estimate of drug-likeness (QED) is 0.647. The van der Waals surface area contributed by atoms with Crippen molar-refractivity contribution in [2.75, 3.05) is 6.54 Å². The third-order valence-corrected chi connectivity index (χ3v) is 5.60. The highest BCUT2D eigenvalue weighted by atomic mass is 32.1. The number of carboxylic acids is 1. The van der Waals surface area contributed by atoms with Crippen LogP contribution in [0.3, 0.4) is 0 Å². The van der Waals surface area contributed by atoms with Gasteiger partial charge in [-0.15, -0.1) is 11.3 Å². The van der Waals surface area contributed by atoms with E-state index in [-0.39, 0.29) is 17.6 Å². The van der Waals surface area contributed by atoms with Crippen molar-refractivity contribution in [2.24, 2.45) is 5.92 Å². The summed E-state index contributed by atoms with van der Waals surface area (Å²) >= 11 is 1.44. The monoisotopic (exact) mass is 361 g/mol. The van der Waals surface area contributed by atoms with E-state index in [1.54, 1.807) is 12.1 Å². The first-order valence-electron chi connectivity index (χ1n) is 8.12. The van der Waals surface area contributed by atoms with Gasteiger partial charge in [-0.3, -0.25) is 19.8 Å². The summed E-state index contributed by atoms with van der Waals surface area (Å²) < 4.78 is 0. The van der Waals surface area contributed by atoms with Crippen LogP contribution in [0.4, 0.5) is 5.69 Å². The predicted octanol–water partition coefficient (Wildman–Crippen LogP) is 3.40. The fourth-order valence-electron chi connectivity index (χ4n) is 3.24. The average molecular weight is 361 g/mol. The standard InChI is InChI=1S/C17H19N3O4S/c1-11-15(17(21)22)6-3-7-19(11)9-13-10-25-16(18-13)12-4-2-5-14(8-12)20(23)24/h2,4-5,8,10-11,15H,3,6-7,9H2,1H3,(H,21,22)/t11-,15-/m1/s1. The normalized spacial score (nSPS) is 21.2. The molecule has 1 aromatic carbocycles. The topological polar surface area (TPSA) is 96.6 Å². The van der Waals surface area contributed by atoms with Crippen molar-refractivity contribution < 1.29 is 14.8 Å². The van der Waals surface area contributed by atoms with Crippen LogP contribution >= 0.6 is 11.3 Å². The number of non-ortho nitro benzene ring substituents is 1. The van der Waals surface area contributed by atoms with Crippen LogP contribution in [0.25, 0.3) is 10.6 Å². The van der Waals surface area contributed by atoms with Crippen molar-refractivity contribution in [1.82, 2.24) is 9.88 Å². The van der Waals surface area contributed by atoms with Crippen LogP contribution in [0.15, 0.2) is 29.6 Å². The number of likely N-dealkylation sites (tertiary alicyclic amines) is 1. The van der Waals surface area contributed by atoms with Gasteiger partial charge < -0.3 is 5.11 Å². The number of hydrogen-bond donors (Lipinski definition) is 1. The summed E-state index contributed by atoms with van der Waals surface area (Å²) in [5, 5.41) is 22.9. The second-order valence-corrected chi connectivity index (χ2v) is 7.11. The minimum atomic E-state index is -0.743. The van der Waals surface area contributed by atoms with Gasteiger partial charge in [0, 0.05) is 35.7 Å². The third kappa shape index (κ3) is 3.85. The van der Waals surface area contributed by atoms with E-state index in [0.29, 0.717) is 13.0 Å². The Morgan fingerprint density at radius 2 is 2.32 bits per heavy atom. The lowest BCUT2D eigenvalue weighted by molar-refractivity contribution is -0.384. The molecule has 25 heavy (non-hydrogen) atoms. The molecule has 1 aliphatic heterocycles. The van der Waals surface area contributed by atoms with Crippen LogP contribution < -0.4 is 0 Å². The Labute approximate surface area is 149 Å². The maximum Gasteiger partial charge on any atom is 0.308 e. The molecule has 8 heteroatoms. The van der Waals surface area contributed by atoms with Crippen LogP contribution in [0, 0.1) is 16.0 Å². The predicted molar refractivity (Wildman–Crippen MR) is 94.4 cm³/mol. The number of nitro groups is 1. The molecule has 1 aromatic heterocycles. The molecule has 0 unspecified atom stereocenters. The zero-order valence-corrected chi connectivity index (χ0v) is 14.6. The molecule has 2 aromatic rings. The summed E-state index contributed by atoms with van der Waals surface area (Å²) in [6, 6.07) is 6.40. The van der Waals surface area contributed by atoms with E-state index >= 15 is 0 Å². The molecule has 1 saturated heterocycles. The lowest BCUT2D eigenvalue weighted by atomic mass is 9.90. The molecule has 3 rings (SSSR count). The number of nitro benzene ring substituents is 1. The van der Waals surface area contributed by atoms with E-state index in [0.717, 1.165) is 29.2 Å². The smallest absolute Gasteiger partial charge is 0.308 e. The summed E-state index contributed by atoms with van der Waals surface area (Å²) in [6.07, 6.45) is 1.58. The second-order valence-electron chi connectivity index (χ2n) is 6.25. The van der Waals surface area contributed by atoms with Crippen LogP contribution in [0.2, 0.25) is 0 Å². The van der Waals surface area contributed by atoms with E-state index in [9.17, 15) is 20.0 Å². The molecular weight excluding hydrogens is 342 g/mol.